The second-order valence-electron chi connectivity index (χ2n) is 3.05. The predicted molar refractivity (Wildman–Crippen MR) is 50.0 cm³/mol. The zero-order valence-corrected chi connectivity index (χ0v) is 8.50. The van der Waals surface area contributed by atoms with Gasteiger partial charge in [0, 0.05) is 6.54 Å². The molecule has 0 bridgehead atoms. The van der Waals surface area contributed by atoms with Crippen molar-refractivity contribution in [1.82, 2.24) is 5.32 Å². The van der Waals surface area contributed by atoms with E-state index in [0.29, 0.717) is 0 Å². The minimum absolute atomic E-state index is 0.0412. The molecule has 0 saturated heterocycles. The van der Waals surface area contributed by atoms with Gasteiger partial charge in [0.25, 0.3) is 0 Å². The van der Waals surface area contributed by atoms with Gasteiger partial charge in [-0.2, -0.15) is 0 Å². The third kappa shape index (κ3) is 4.84. The van der Waals surface area contributed by atoms with Crippen LogP contribution in [0, 0.1) is 0 Å². The third-order valence-electron chi connectivity index (χ3n) is 1.79. The smallest absolute Gasteiger partial charge is 0.210 e. The molecule has 0 rings (SSSR count). The first-order valence-electron chi connectivity index (χ1n) is 3.97. The molecule has 8 heteroatoms. The molecule has 0 aliphatic rings. The van der Waals surface area contributed by atoms with E-state index in [9.17, 15) is 8.42 Å². The first kappa shape index (κ1) is 13.8. The Bertz CT molecular complexity index is 241. The summed E-state index contributed by atoms with van der Waals surface area (Å²) >= 11 is 0. The number of nitrogens with two attached hydrogens (primary N) is 1. The summed E-state index contributed by atoms with van der Waals surface area (Å²) in [6.07, 6.45) is 0. The van der Waals surface area contributed by atoms with Crippen molar-refractivity contribution in [2.75, 3.05) is 32.1 Å². The largest absolute Gasteiger partial charge is 0.394 e. The maximum Gasteiger partial charge on any atom is 0.210 e. The highest BCUT2D eigenvalue weighted by atomic mass is 32.2. The van der Waals surface area contributed by atoms with Crippen LogP contribution >= 0.6 is 0 Å². The highest BCUT2D eigenvalue weighted by Crippen LogP contribution is 2.00. The van der Waals surface area contributed by atoms with Crippen molar-refractivity contribution < 1.29 is 23.7 Å². The molecule has 0 amide bonds. The van der Waals surface area contributed by atoms with Gasteiger partial charge in [-0.3, -0.25) is 0 Å². The van der Waals surface area contributed by atoms with Gasteiger partial charge < -0.3 is 20.6 Å². The number of nitrogens with one attached hydrogen (secondary N) is 1. The van der Waals surface area contributed by atoms with Crippen molar-refractivity contribution in [3.8, 4) is 0 Å². The van der Waals surface area contributed by atoms with Crippen molar-refractivity contribution in [1.29, 1.82) is 0 Å². The number of rotatable bonds is 7. The Hall–Kier alpha value is -0.250. The molecule has 14 heavy (non-hydrogen) atoms. The molecule has 0 fully saturated rings. The minimum atomic E-state index is -3.58. The number of sulfonamides is 1. The van der Waals surface area contributed by atoms with E-state index in [1.807, 2.05) is 0 Å². The predicted octanol–water partition coefficient (Wildman–Crippen LogP) is -3.42. The zero-order valence-electron chi connectivity index (χ0n) is 7.68. The molecule has 0 heterocycles. The molecule has 7 nitrogen and oxygen atoms in total. The van der Waals surface area contributed by atoms with Gasteiger partial charge >= 0.3 is 0 Å². The van der Waals surface area contributed by atoms with E-state index >= 15 is 0 Å². The lowest BCUT2D eigenvalue weighted by Crippen LogP contribution is -2.56. The van der Waals surface area contributed by atoms with Crippen molar-refractivity contribution in [3.05, 3.63) is 0 Å². The molecule has 0 saturated carbocycles. The standard InChI is InChI=1S/C6H16N2O5S/c7-14(12,13)2-1-8-6(3-9,4-10)5-11/h8-11H,1-5H2,(H2,7,12,13). The molecule has 0 aromatic carbocycles. The number of aliphatic hydroxyl groups is 3. The summed E-state index contributed by atoms with van der Waals surface area (Å²) in [5.74, 6) is -0.325. The Morgan fingerprint density at radius 3 is 1.86 bits per heavy atom. The van der Waals surface area contributed by atoms with Crippen LogP contribution in [0.4, 0.5) is 0 Å². The first-order chi connectivity index (χ1) is 6.39. The molecule has 0 aliphatic carbocycles. The maximum absolute atomic E-state index is 10.5. The average Bonchev–Trinajstić information content (AvgIpc) is 2.11. The van der Waals surface area contributed by atoms with E-state index in [1.165, 1.54) is 0 Å². The van der Waals surface area contributed by atoms with Crippen LogP contribution in [-0.2, 0) is 10.0 Å². The Morgan fingerprint density at radius 2 is 1.57 bits per heavy atom. The molecule has 0 aliphatic heterocycles. The lowest BCUT2D eigenvalue weighted by atomic mass is 10.0. The van der Waals surface area contributed by atoms with Crippen molar-refractivity contribution in [2.45, 2.75) is 5.54 Å². The second kappa shape index (κ2) is 5.59. The molecule has 0 spiro atoms. The summed E-state index contributed by atoms with van der Waals surface area (Å²) < 4.78 is 21.1. The van der Waals surface area contributed by atoms with Crippen molar-refractivity contribution in [2.24, 2.45) is 5.14 Å². The van der Waals surface area contributed by atoms with Gasteiger partial charge in [-0.15, -0.1) is 0 Å². The van der Waals surface area contributed by atoms with Crippen LogP contribution in [0.3, 0.4) is 0 Å². The summed E-state index contributed by atoms with van der Waals surface area (Å²) in [4.78, 5) is 0. The number of primary sulfonamides is 1. The molecular weight excluding hydrogens is 212 g/mol. The molecule has 0 atom stereocenters. The van der Waals surface area contributed by atoms with Gasteiger partial charge in [-0.1, -0.05) is 0 Å². The molecule has 0 aromatic heterocycles. The average molecular weight is 228 g/mol. The SMILES string of the molecule is NS(=O)(=O)CCNC(CO)(CO)CO. The van der Waals surface area contributed by atoms with E-state index < -0.39 is 35.4 Å². The summed E-state index contributed by atoms with van der Waals surface area (Å²) in [5.41, 5.74) is -1.26. The summed E-state index contributed by atoms with van der Waals surface area (Å²) in [7, 11) is -3.58. The quantitative estimate of drug-likeness (QED) is 0.308. The minimum Gasteiger partial charge on any atom is -0.394 e. The summed E-state index contributed by atoms with van der Waals surface area (Å²) in [6, 6.07) is 0. The van der Waals surface area contributed by atoms with Gasteiger partial charge in [-0.05, 0) is 0 Å². The van der Waals surface area contributed by atoms with E-state index in [-0.39, 0.29) is 12.3 Å². The van der Waals surface area contributed by atoms with E-state index in [4.69, 9.17) is 20.5 Å². The number of hydrogen-bond acceptors (Lipinski definition) is 6. The fourth-order valence-corrected chi connectivity index (χ4v) is 1.16. The van der Waals surface area contributed by atoms with E-state index in [0.717, 1.165) is 0 Å². The lowest BCUT2D eigenvalue weighted by molar-refractivity contribution is 0.0440. The van der Waals surface area contributed by atoms with E-state index in [2.05, 4.69) is 5.32 Å². The van der Waals surface area contributed by atoms with Gasteiger partial charge in [0.2, 0.25) is 10.0 Å². The van der Waals surface area contributed by atoms with E-state index in [1.54, 1.807) is 0 Å². The van der Waals surface area contributed by atoms with Crippen LogP contribution in [-0.4, -0.2) is 61.4 Å². The van der Waals surface area contributed by atoms with Gasteiger partial charge in [0.1, 0.15) is 0 Å². The summed E-state index contributed by atoms with van der Waals surface area (Å²) in [5, 5.41) is 33.8. The van der Waals surface area contributed by atoms with Gasteiger partial charge in [0.05, 0.1) is 31.1 Å². The zero-order chi connectivity index (χ0) is 11.2. The molecule has 0 unspecified atom stereocenters. The first-order valence-corrected chi connectivity index (χ1v) is 5.69. The van der Waals surface area contributed by atoms with Gasteiger partial charge in [-0.25, -0.2) is 13.6 Å². The van der Waals surface area contributed by atoms with Crippen LogP contribution in [0.15, 0.2) is 0 Å². The molecular formula is C6H16N2O5S. The van der Waals surface area contributed by atoms with Crippen molar-refractivity contribution in [3.63, 3.8) is 0 Å². The number of hydrogen-bond donors (Lipinski definition) is 5. The van der Waals surface area contributed by atoms with Crippen molar-refractivity contribution >= 4 is 10.0 Å². The molecule has 0 aromatic rings. The molecule has 86 valence electrons. The number of aliphatic hydroxyl groups excluding tert-OH is 3. The van der Waals surface area contributed by atoms with Crippen LogP contribution in [0.1, 0.15) is 0 Å². The highest BCUT2D eigenvalue weighted by Gasteiger charge is 2.27. The monoisotopic (exact) mass is 228 g/mol. The second-order valence-corrected chi connectivity index (χ2v) is 4.78. The van der Waals surface area contributed by atoms with Crippen LogP contribution in [0.5, 0.6) is 0 Å². The molecule has 0 radical (unpaired) electrons. The van der Waals surface area contributed by atoms with Crippen LogP contribution in [0.25, 0.3) is 0 Å². The topological polar surface area (TPSA) is 133 Å². The Balaban J connectivity index is 4.08. The Kier molecular flexibility index (Phi) is 5.49. The normalized spacial score (nSPS) is 13.1. The molecule has 6 N–H and O–H groups in total. The van der Waals surface area contributed by atoms with Gasteiger partial charge in [0.15, 0.2) is 0 Å². The Labute approximate surface area is 82.6 Å². The maximum atomic E-state index is 10.5. The summed E-state index contributed by atoms with van der Waals surface area (Å²) in [6.45, 7) is -1.53. The Morgan fingerprint density at radius 1 is 1.14 bits per heavy atom. The highest BCUT2D eigenvalue weighted by molar-refractivity contribution is 7.89. The fourth-order valence-electron chi connectivity index (χ4n) is 0.776. The lowest BCUT2D eigenvalue weighted by Gasteiger charge is -2.28. The van der Waals surface area contributed by atoms with Crippen LogP contribution in [0.2, 0.25) is 0 Å². The third-order valence-corrected chi connectivity index (χ3v) is 2.57. The fraction of sp³-hybridized carbons (Fsp3) is 1.00. The van der Waals surface area contributed by atoms with Crippen LogP contribution < -0.4 is 10.5 Å².